The summed E-state index contributed by atoms with van der Waals surface area (Å²) in [6.07, 6.45) is 0. The first-order valence-corrected chi connectivity index (χ1v) is 9.47. The molecule has 2 aliphatic heterocycles. The van der Waals surface area contributed by atoms with Crippen LogP contribution in [0.2, 0.25) is 0 Å². The van der Waals surface area contributed by atoms with Crippen LogP contribution in [-0.2, 0) is 0 Å². The molecule has 0 bridgehead atoms. The van der Waals surface area contributed by atoms with Gasteiger partial charge in [-0.2, -0.15) is 0 Å². The van der Waals surface area contributed by atoms with Crippen LogP contribution >= 0.6 is 15.9 Å². The maximum Gasteiger partial charge on any atom is 0.0969 e. The average molecular weight is 311 g/mol. The van der Waals surface area contributed by atoms with Crippen LogP contribution in [0, 0.1) is 0 Å². The van der Waals surface area contributed by atoms with Crippen molar-refractivity contribution in [3.8, 4) is 0 Å². The SMILES string of the molecule is CC1=C(C)C(C)=C(C2=C(C)C(C)=C(Br)[SiH2]2)[SiH2]1. The van der Waals surface area contributed by atoms with E-state index in [-0.39, 0.29) is 19.0 Å². The third-order valence-corrected chi connectivity index (χ3v) is 10.7. The Balaban J connectivity index is 2.40. The van der Waals surface area contributed by atoms with Gasteiger partial charge in [0.1, 0.15) is 0 Å². The Morgan fingerprint density at radius 1 is 0.688 bits per heavy atom. The minimum absolute atomic E-state index is 0.131. The van der Waals surface area contributed by atoms with Gasteiger partial charge in [-0.1, -0.05) is 37.1 Å². The van der Waals surface area contributed by atoms with Gasteiger partial charge in [-0.3, -0.25) is 0 Å². The Kier molecular flexibility index (Phi) is 3.30. The second-order valence-electron chi connectivity index (χ2n) is 5.00. The quantitative estimate of drug-likeness (QED) is 0.653. The van der Waals surface area contributed by atoms with Crippen molar-refractivity contribution in [1.29, 1.82) is 0 Å². The van der Waals surface area contributed by atoms with Gasteiger partial charge in [0.25, 0.3) is 0 Å². The zero-order valence-electron chi connectivity index (χ0n) is 10.8. The highest BCUT2D eigenvalue weighted by atomic mass is 79.9. The molecular formula is C13H19BrSi2. The fourth-order valence-electron chi connectivity index (χ4n) is 2.59. The second kappa shape index (κ2) is 4.28. The van der Waals surface area contributed by atoms with Gasteiger partial charge in [-0.15, -0.1) is 0 Å². The van der Waals surface area contributed by atoms with Crippen LogP contribution in [0.3, 0.4) is 0 Å². The molecule has 0 aromatic carbocycles. The molecule has 0 aromatic heterocycles. The van der Waals surface area contributed by atoms with Crippen molar-refractivity contribution in [3.63, 3.8) is 0 Å². The molecule has 0 nitrogen and oxygen atoms in total. The summed E-state index contributed by atoms with van der Waals surface area (Å²) in [5.41, 5.74) is 6.26. The molecule has 86 valence electrons. The molecule has 0 saturated carbocycles. The Bertz CT molecular complexity index is 444. The fraction of sp³-hybridized carbons (Fsp3) is 0.385. The summed E-state index contributed by atoms with van der Waals surface area (Å²) in [6.45, 7) is 11.5. The molecule has 0 aromatic rings. The predicted molar refractivity (Wildman–Crippen MR) is 82.5 cm³/mol. The third-order valence-electron chi connectivity index (χ3n) is 4.22. The number of halogens is 1. The lowest BCUT2D eigenvalue weighted by atomic mass is 10.1. The Morgan fingerprint density at radius 3 is 1.56 bits per heavy atom. The van der Waals surface area contributed by atoms with E-state index >= 15 is 0 Å². The highest BCUT2D eigenvalue weighted by Gasteiger charge is 2.25. The maximum atomic E-state index is 3.76. The van der Waals surface area contributed by atoms with E-state index in [9.17, 15) is 0 Å². The molecule has 0 atom stereocenters. The molecule has 2 aliphatic rings. The fourth-order valence-corrected chi connectivity index (χ4v) is 8.40. The summed E-state index contributed by atoms with van der Waals surface area (Å²) < 4.78 is 1.52. The highest BCUT2D eigenvalue weighted by Crippen LogP contribution is 2.38. The van der Waals surface area contributed by atoms with E-state index in [0.717, 1.165) is 0 Å². The Hall–Kier alpha value is -0.126. The number of hydrogen-bond acceptors (Lipinski definition) is 0. The monoisotopic (exact) mass is 310 g/mol. The normalized spacial score (nSPS) is 25.1. The van der Waals surface area contributed by atoms with Gasteiger partial charge < -0.3 is 0 Å². The average Bonchev–Trinajstić information content (AvgIpc) is 2.64. The van der Waals surface area contributed by atoms with Crippen molar-refractivity contribution in [1.82, 2.24) is 0 Å². The van der Waals surface area contributed by atoms with Crippen molar-refractivity contribution in [3.05, 3.63) is 42.0 Å². The van der Waals surface area contributed by atoms with Gasteiger partial charge in [0, 0.05) is 0 Å². The number of rotatable bonds is 1. The standard InChI is InChI=1S/C13H19BrSi2/c1-6-7(2)11(15-10(6)5)12-8(3)9(4)13(14)16-12/h15-16H2,1-5H3. The van der Waals surface area contributed by atoms with E-state index < -0.39 is 0 Å². The highest BCUT2D eigenvalue weighted by molar-refractivity contribution is 9.12. The van der Waals surface area contributed by atoms with Crippen LogP contribution < -0.4 is 0 Å². The van der Waals surface area contributed by atoms with Crippen molar-refractivity contribution < 1.29 is 0 Å². The summed E-state index contributed by atoms with van der Waals surface area (Å²) in [4.78, 5) is 0. The van der Waals surface area contributed by atoms with Gasteiger partial charge in [0.15, 0.2) is 0 Å². The molecule has 0 amide bonds. The molecule has 0 aliphatic carbocycles. The Labute approximate surface area is 111 Å². The molecule has 2 heterocycles. The molecule has 16 heavy (non-hydrogen) atoms. The topological polar surface area (TPSA) is 0 Å². The van der Waals surface area contributed by atoms with Crippen LogP contribution in [-0.4, -0.2) is 19.0 Å². The zero-order valence-corrected chi connectivity index (χ0v) is 15.2. The first kappa shape index (κ1) is 12.3. The summed E-state index contributed by atoms with van der Waals surface area (Å²) >= 11 is 3.76. The lowest BCUT2D eigenvalue weighted by molar-refractivity contribution is 1.31. The maximum absolute atomic E-state index is 3.76. The summed E-state index contributed by atoms with van der Waals surface area (Å²) in [5.74, 6) is 0. The Morgan fingerprint density at radius 2 is 1.19 bits per heavy atom. The third kappa shape index (κ3) is 1.79. The summed E-state index contributed by atoms with van der Waals surface area (Å²) in [6, 6.07) is 0. The molecule has 0 fully saturated rings. The van der Waals surface area contributed by atoms with E-state index in [1.54, 1.807) is 32.3 Å². The van der Waals surface area contributed by atoms with Gasteiger partial charge in [0.2, 0.25) is 0 Å². The van der Waals surface area contributed by atoms with E-state index in [4.69, 9.17) is 0 Å². The van der Waals surface area contributed by atoms with Crippen LogP contribution in [0.1, 0.15) is 34.6 Å². The number of allylic oxidation sites excluding steroid dienone is 7. The van der Waals surface area contributed by atoms with E-state index in [0.29, 0.717) is 0 Å². The lowest BCUT2D eigenvalue weighted by Crippen LogP contribution is -2.04. The van der Waals surface area contributed by atoms with Gasteiger partial charge in [-0.25, -0.2) is 0 Å². The van der Waals surface area contributed by atoms with Crippen molar-refractivity contribution >= 4 is 35.0 Å². The lowest BCUT2D eigenvalue weighted by Gasteiger charge is -2.09. The molecule has 3 heteroatoms. The minimum Gasteiger partial charge on any atom is -0.0825 e. The van der Waals surface area contributed by atoms with Crippen molar-refractivity contribution in [2.24, 2.45) is 0 Å². The molecule has 0 spiro atoms. The molecule has 0 radical (unpaired) electrons. The molecule has 0 unspecified atom stereocenters. The zero-order chi connectivity index (χ0) is 12.0. The van der Waals surface area contributed by atoms with Crippen LogP contribution in [0.25, 0.3) is 0 Å². The second-order valence-corrected chi connectivity index (χ2v) is 10.9. The van der Waals surface area contributed by atoms with Crippen LogP contribution in [0.15, 0.2) is 42.0 Å². The molecular weight excluding hydrogens is 292 g/mol. The smallest absolute Gasteiger partial charge is 0.0825 e. The first-order valence-electron chi connectivity index (χ1n) is 5.85. The first-order chi connectivity index (χ1) is 7.43. The van der Waals surface area contributed by atoms with E-state index in [1.165, 1.54) is 9.68 Å². The van der Waals surface area contributed by atoms with E-state index in [1.807, 2.05) is 0 Å². The number of hydrogen-bond donors (Lipinski definition) is 0. The molecule has 0 saturated heterocycles. The van der Waals surface area contributed by atoms with Gasteiger partial charge in [0.05, 0.1) is 19.0 Å². The summed E-state index contributed by atoms with van der Waals surface area (Å²) in [5, 5.41) is 5.22. The van der Waals surface area contributed by atoms with Gasteiger partial charge >= 0.3 is 0 Å². The predicted octanol–water partition coefficient (Wildman–Crippen LogP) is 2.82. The van der Waals surface area contributed by atoms with Crippen LogP contribution in [0.5, 0.6) is 0 Å². The van der Waals surface area contributed by atoms with Crippen molar-refractivity contribution in [2.75, 3.05) is 0 Å². The van der Waals surface area contributed by atoms with Gasteiger partial charge in [-0.05, 0) is 55.4 Å². The van der Waals surface area contributed by atoms with E-state index in [2.05, 4.69) is 50.5 Å². The van der Waals surface area contributed by atoms with Crippen molar-refractivity contribution in [2.45, 2.75) is 34.6 Å². The summed E-state index contributed by atoms with van der Waals surface area (Å²) in [7, 11) is -0.325. The van der Waals surface area contributed by atoms with Crippen LogP contribution in [0.4, 0.5) is 0 Å². The minimum atomic E-state index is -0.194. The largest absolute Gasteiger partial charge is 0.0969 e. The molecule has 0 N–H and O–H groups in total. The molecule has 2 rings (SSSR count).